The third-order valence-corrected chi connectivity index (χ3v) is 7.13. The quantitative estimate of drug-likeness (QED) is 0.189. The largest absolute Gasteiger partial charge is 0.464 e. The Morgan fingerprint density at radius 3 is 2.16 bits per heavy atom. The van der Waals surface area contributed by atoms with Gasteiger partial charge in [0.2, 0.25) is 0 Å². The van der Waals surface area contributed by atoms with Crippen molar-refractivity contribution < 1.29 is 76.2 Å². The number of hydrogen-bond donors (Lipinski definition) is 2. The fourth-order valence-electron chi connectivity index (χ4n) is 5.29. The molecule has 1 aliphatic rings. The lowest BCUT2D eigenvalue weighted by Gasteiger charge is -2.50. The molecule has 0 radical (unpaired) electrons. The van der Waals surface area contributed by atoms with E-state index in [1.54, 1.807) is 27.7 Å². The van der Waals surface area contributed by atoms with E-state index in [1.165, 1.54) is 24.3 Å². The van der Waals surface area contributed by atoms with E-state index in [9.17, 15) is 38.7 Å². The maximum Gasteiger partial charge on any atom is 0.408 e. The molecule has 1 aromatic carbocycles. The maximum absolute atomic E-state index is 13.8. The number of aliphatic hydroxyl groups is 1. The maximum atomic E-state index is 13.8. The van der Waals surface area contributed by atoms with Gasteiger partial charge in [0.25, 0.3) is 0 Å². The van der Waals surface area contributed by atoms with Crippen LogP contribution in [0.1, 0.15) is 54.0 Å². The number of amides is 1. The highest BCUT2D eigenvalue weighted by Crippen LogP contribution is 2.39. The van der Waals surface area contributed by atoms with Crippen molar-refractivity contribution >= 4 is 46.9 Å². The highest BCUT2D eigenvalue weighted by atomic mass is 16.8. The summed E-state index contributed by atoms with van der Waals surface area (Å²) in [6.45, 7) is 9.50. The minimum absolute atomic E-state index is 0.00876. The average Bonchev–Trinajstić information content (AvgIpc) is 2.99. The molecular formula is C33H41NO17. The van der Waals surface area contributed by atoms with Crippen molar-refractivity contribution in [1.29, 1.82) is 0 Å². The van der Waals surface area contributed by atoms with E-state index in [0.717, 1.165) is 34.8 Å². The second-order valence-electron chi connectivity index (χ2n) is 12.5. The first-order valence-corrected chi connectivity index (χ1v) is 15.5. The molecule has 2 unspecified atom stereocenters. The van der Waals surface area contributed by atoms with Gasteiger partial charge in [0.05, 0.1) is 7.11 Å². The van der Waals surface area contributed by atoms with E-state index in [2.05, 4.69) is 5.32 Å². The average molecular weight is 724 g/mol. The van der Waals surface area contributed by atoms with Gasteiger partial charge in [-0.25, -0.2) is 14.4 Å². The zero-order valence-corrected chi connectivity index (χ0v) is 29.5. The number of alkyl carbamates (subject to hydrolysis) is 1. The van der Waals surface area contributed by atoms with Crippen LogP contribution in [0.4, 0.5) is 4.79 Å². The van der Waals surface area contributed by atoms with Crippen molar-refractivity contribution in [1.82, 2.24) is 5.32 Å². The molecule has 18 nitrogen and oxygen atoms in total. The summed E-state index contributed by atoms with van der Waals surface area (Å²) in [5.41, 5.74) is -1.23. The molecule has 1 aromatic heterocycles. The van der Waals surface area contributed by atoms with Crippen LogP contribution in [-0.2, 0) is 57.1 Å². The van der Waals surface area contributed by atoms with Gasteiger partial charge in [-0.1, -0.05) is 0 Å². The van der Waals surface area contributed by atoms with Gasteiger partial charge in [-0.05, 0) is 45.4 Å². The summed E-state index contributed by atoms with van der Waals surface area (Å²) < 4.78 is 49.2. The molecule has 0 bridgehead atoms. The molecule has 1 fully saturated rings. The summed E-state index contributed by atoms with van der Waals surface area (Å²) in [4.78, 5) is 88.2. The molecule has 1 amide bonds. The predicted molar refractivity (Wildman–Crippen MR) is 170 cm³/mol. The number of hydrogen-bond acceptors (Lipinski definition) is 17. The van der Waals surface area contributed by atoms with Crippen LogP contribution in [0.15, 0.2) is 33.5 Å². The van der Waals surface area contributed by atoms with E-state index >= 15 is 0 Å². The van der Waals surface area contributed by atoms with Crippen LogP contribution in [0, 0.1) is 6.92 Å². The van der Waals surface area contributed by atoms with Gasteiger partial charge < -0.3 is 52.7 Å². The normalized spacial score (nSPS) is 22.8. The van der Waals surface area contributed by atoms with E-state index in [1.807, 2.05) is 0 Å². The van der Waals surface area contributed by atoms with Crippen molar-refractivity contribution in [3.05, 3.63) is 40.2 Å². The molecule has 2 N–H and O–H groups in total. The molecule has 2 aromatic rings. The molecule has 0 spiro atoms. The summed E-state index contributed by atoms with van der Waals surface area (Å²) in [6, 6.07) is 3.50. The van der Waals surface area contributed by atoms with Gasteiger partial charge in [0.1, 0.15) is 35.7 Å². The number of rotatable bonds is 11. The minimum Gasteiger partial charge on any atom is -0.464 e. The number of carbonyl (C=O) groups is 6. The summed E-state index contributed by atoms with van der Waals surface area (Å²) >= 11 is 0. The van der Waals surface area contributed by atoms with E-state index < -0.39 is 96.1 Å². The number of methoxy groups -OCH3 is 1. The molecule has 51 heavy (non-hydrogen) atoms. The second kappa shape index (κ2) is 16.2. The standard InChI is InChI=1S/C33H41NO17/c1-15-12-24(39)48-22-13-20(10-11-21(15)22)49-33(30(41)43-9)29(40)28(47-19(5)38)25(34-31(42)51-32(6,7)8)27(50-33)26(46-18(4)37)23(45-17(3)36)14-44-16(2)35/h10-13,23,25-29,40H,14H2,1-9H3,(H,34,42)/t23-,25+,26-,27?,28?,29+,33-/m1/s1. The monoisotopic (exact) mass is 723 g/mol. The zero-order valence-electron chi connectivity index (χ0n) is 29.5. The van der Waals surface area contributed by atoms with Crippen LogP contribution in [0.2, 0.25) is 0 Å². The summed E-state index contributed by atoms with van der Waals surface area (Å²) in [7, 11) is 0.916. The Bertz CT molecular complexity index is 1710. The van der Waals surface area contributed by atoms with Gasteiger partial charge in [-0.15, -0.1) is 0 Å². The third kappa shape index (κ3) is 10.2. The van der Waals surface area contributed by atoms with Crippen molar-refractivity contribution in [2.24, 2.45) is 0 Å². The Labute approximate surface area is 291 Å². The van der Waals surface area contributed by atoms with Crippen LogP contribution in [-0.4, -0.2) is 103 Å². The molecule has 280 valence electrons. The molecule has 1 saturated heterocycles. The first kappa shape index (κ1) is 40.2. The predicted octanol–water partition coefficient (Wildman–Crippen LogP) is 1.36. The second-order valence-corrected chi connectivity index (χ2v) is 12.5. The number of ether oxygens (including phenoxy) is 8. The third-order valence-electron chi connectivity index (χ3n) is 7.13. The van der Waals surface area contributed by atoms with Crippen LogP contribution >= 0.6 is 0 Å². The Morgan fingerprint density at radius 2 is 1.61 bits per heavy atom. The van der Waals surface area contributed by atoms with Crippen LogP contribution in [0.25, 0.3) is 11.0 Å². The number of fused-ring (bicyclic) bond motifs is 1. The van der Waals surface area contributed by atoms with E-state index in [0.29, 0.717) is 10.9 Å². The molecule has 1 aliphatic heterocycles. The van der Waals surface area contributed by atoms with Gasteiger partial charge in [-0.2, -0.15) is 0 Å². The SMILES string of the molecule is COC(=O)[C@]1(Oc2ccc3c(C)cc(=O)oc3c2)OC([C@H](OC(C)=O)[C@@H](COC(C)=O)OC(C)=O)[C@H](NC(=O)OC(C)(C)C)C(OC(C)=O)[C@@H]1O. The minimum atomic E-state index is -3.02. The molecular weight excluding hydrogens is 682 g/mol. The fourth-order valence-corrected chi connectivity index (χ4v) is 5.29. The zero-order chi connectivity index (χ0) is 38.4. The van der Waals surface area contributed by atoms with Crippen molar-refractivity contribution in [3.63, 3.8) is 0 Å². The van der Waals surface area contributed by atoms with Gasteiger partial charge in [0, 0.05) is 45.2 Å². The van der Waals surface area contributed by atoms with Crippen LogP contribution < -0.4 is 15.7 Å². The number of aliphatic hydroxyl groups excluding tert-OH is 1. The number of nitrogens with one attached hydrogen (secondary N) is 1. The smallest absolute Gasteiger partial charge is 0.408 e. The number of carbonyl (C=O) groups excluding carboxylic acids is 6. The van der Waals surface area contributed by atoms with Crippen LogP contribution in [0.5, 0.6) is 5.75 Å². The van der Waals surface area contributed by atoms with Gasteiger partial charge in [0.15, 0.2) is 24.4 Å². The lowest BCUT2D eigenvalue weighted by Crippen LogP contribution is -2.76. The Hall–Kier alpha value is -5.23. The molecule has 0 aliphatic carbocycles. The lowest BCUT2D eigenvalue weighted by atomic mass is 9.86. The Kier molecular flexibility index (Phi) is 12.8. The van der Waals surface area contributed by atoms with Crippen LogP contribution in [0.3, 0.4) is 0 Å². The molecule has 2 heterocycles. The highest BCUT2D eigenvalue weighted by molar-refractivity contribution is 5.83. The summed E-state index contributed by atoms with van der Waals surface area (Å²) in [5.74, 6) is -8.53. The molecule has 7 atom stereocenters. The first-order chi connectivity index (χ1) is 23.7. The Morgan fingerprint density at radius 1 is 0.961 bits per heavy atom. The van der Waals surface area contributed by atoms with E-state index in [-0.39, 0.29) is 11.3 Å². The van der Waals surface area contributed by atoms with Crippen molar-refractivity contribution in [2.45, 2.75) is 103 Å². The highest BCUT2D eigenvalue weighted by Gasteiger charge is 2.66. The van der Waals surface area contributed by atoms with Crippen molar-refractivity contribution in [3.8, 4) is 5.75 Å². The summed E-state index contributed by atoms with van der Waals surface area (Å²) in [6.07, 6.45) is -11.1. The summed E-state index contributed by atoms with van der Waals surface area (Å²) in [5, 5.41) is 14.8. The topological polar surface area (TPSA) is 239 Å². The first-order valence-electron chi connectivity index (χ1n) is 15.5. The number of benzene rings is 1. The molecule has 3 rings (SSSR count). The fraction of sp³-hybridized carbons (Fsp3) is 0.545. The molecule has 0 saturated carbocycles. The van der Waals surface area contributed by atoms with E-state index in [4.69, 9.17) is 42.3 Å². The van der Waals surface area contributed by atoms with Crippen molar-refractivity contribution in [2.75, 3.05) is 13.7 Å². The van der Waals surface area contributed by atoms with Gasteiger partial charge in [-0.3, -0.25) is 19.2 Å². The number of esters is 5. The van der Waals surface area contributed by atoms with Gasteiger partial charge >= 0.3 is 47.4 Å². The number of aryl methyl sites for hydroxylation is 1. The lowest BCUT2D eigenvalue weighted by molar-refractivity contribution is -0.325. The molecule has 18 heteroatoms. The Balaban J connectivity index is 2.34.